The van der Waals surface area contributed by atoms with Crippen molar-refractivity contribution in [2.75, 3.05) is 0 Å². The number of unbranched alkanes of at least 4 members (excludes halogenated alkanes) is 17. The predicted molar refractivity (Wildman–Crippen MR) is 230 cm³/mol. The molecule has 0 aliphatic carbocycles. The molecule has 3 rings (SSSR count). The Kier molecular flexibility index (Phi) is 22.2. The molecule has 0 saturated heterocycles. The van der Waals surface area contributed by atoms with Crippen molar-refractivity contribution in [2.24, 2.45) is 0 Å². The SMILES string of the molecule is CCCCCCCCc1cc(CCCCCC)cc(C2=C(CC)C(CCCC)=C(c3cc(CCCCCC)cc(CCCCCCCC)c3)[N+]2=[N-])c1. The second-order valence-electron chi connectivity index (χ2n) is 16.2. The maximum Gasteiger partial charge on any atom is 0.211 e. The summed E-state index contributed by atoms with van der Waals surface area (Å²) in [7, 11) is 0. The fraction of sp³-hybridized carbons (Fsp3) is 0.680. The minimum Gasteiger partial charge on any atom is -0.493 e. The van der Waals surface area contributed by atoms with Crippen LogP contribution in [0.5, 0.6) is 0 Å². The zero-order valence-corrected chi connectivity index (χ0v) is 35.2. The van der Waals surface area contributed by atoms with Gasteiger partial charge in [-0.1, -0.05) is 163 Å². The van der Waals surface area contributed by atoms with Gasteiger partial charge in [0, 0.05) is 22.3 Å². The highest BCUT2D eigenvalue weighted by Crippen LogP contribution is 2.44. The molecule has 1 aliphatic heterocycles. The molecule has 2 nitrogen and oxygen atoms in total. The summed E-state index contributed by atoms with van der Waals surface area (Å²) < 4.78 is 1.65. The number of aryl methyl sites for hydroxylation is 4. The Balaban J connectivity index is 2.02. The van der Waals surface area contributed by atoms with Crippen molar-refractivity contribution in [1.29, 1.82) is 0 Å². The van der Waals surface area contributed by atoms with Gasteiger partial charge in [-0.2, -0.15) is 0 Å². The topological polar surface area (TPSA) is 25.3 Å². The van der Waals surface area contributed by atoms with E-state index >= 15 is 0 Å². The van der Waals surface area contributed by atoms with Gasteiger partial charge in [0.15, 0.2) is 0 Å². The van der Waals surface area contributed by atoms with Gasteiger partial charge in [-0.25, -0.2) is 4.70 Å². The van der Waals surface area contributed by atoms with Crippen LogP contribution in [0.1, 0.15) is 229 Å². The van der Waals surface area contributed by atoms with Crippen LogP contribution in [-0.4, -0.2) is 4.70 Å². The highest BCUT2D eigenvalue weighted by molar-refractivity contribution is 5.82. The van der Waals surface area contributed by atoms with Crippen LogP contribution in [-0.2, 0) is 25.7 Å². The van der Waals surface area contributed by atoms with Crippen LogP contribution in [0, 0.1) is 0 Å². The van der Waals surface area contributed by atoms with Gasteiger partial charge >= 0.3 is 0 Å². The zero-order chi connectivity index (χ0) is 37.4. The number of rotatable bonds is 30. The Morgan fingerprint density at radius 1 is 0.346 bits per heavy atom. The molecule has 0 spiro atoms. The van der Waals surface area contributed by atoms with Gasteiger partial charge in [0.2, 0.25) is 11.4 Å². The Morgan fingerprint density at radius 2 is 0.654 bits per heavy atom. The molecular weight excluding hydrogens is 629 g/mol. The van der Waals surface area contributed by atoms with Gasteiger partial charge in [0.25, 0.3) is 0 Å². The molecule has 0 bridgehead atoms. The smallest absolute Gasteiger partial charge is 0.211 e. The van der Waals surface area contributed by atoms with Crippen LogP contribution in [0.4, 0.5) is 0 Å². The van der Waals surface area contributed by atoms with Crippen LogP contribution in [0.2, 0.25) is 0 Å². The van der Waals surface area contributed by atoms with Gasteiger partial charge in [-0.05, 0) is 117 Å². The lowest BCUT2D eigenvalue weighted by Gasteiger charge is -2.15. The summed E-state index contributed by atoms with van der Waals surface area (Å²) >= 11 is 0. The molecule has 0 saturated carbocycles. The second kappa shape index (κ2) is 26.3. The van der Waals surface area contributed by atoms with Crippen LogP contribution in [0.3, 0.4) is 0 Å². The lowest BCUT2D eigenvalue weighted by molar-refractivity contribution is -0.345. The molecule has 0 unspecified atom stereocenters. The molecule has 290 valence electrons. The Hall–Kier alpha value is -2.48. The summed E-state index contributed by atoms with van der Waals surface area (Å²) in [5.74, 6) is 0. The van der Waals surface area contributed by atoms with Gasteiger partial charge in [0.1, 0.15) is 0 Å². The number of nitrogens with zero attached hydrogens (tertiary/aromatic N) is 2. The van der Waals surface area contributed by atoms with E-state index < -0.39 is 0 Å². The molecule has 0 aromatic heterocycles. The van der Waals surface area contributed by atoms with Crippen molar-refractivity contribution >= 4 is 11.4 Å². The van der Waals surface area contributed by atoms with Gasteiger partial charge < -0.3 is 5.53 Å². The summed E-state index contributed by atoms with van der Waals surface area (Å²) in [6.45, 7) is 13.8. The number of allylic oxidation sites excluding steroid dienone is 2. The lowest BCUT2D eigenvalue weighted by Crippen LogP contribution is -2.05. The summed E-state index contributed by atoms with van der Waals surface area (Å²) in [4.78, 5) is 0. The fourth-order valence-corrected chi connectivity index (χ4v) is 8.36. The number of hydrogen-bond acceptors (Lipinski definition) is 0. The maximum atomic E-state index is 12.5. The van der Waals surface area contributed by atoms with E-state index in [9.17, 15) is 5.53 Å². The van der Waals surface area contributed by atoms with E-state index in [4.69, 9.17) is 0 Å². The van der Waals surface area contributed by atoms with E-state index in [-0.39, 0.29) is 0 Å². The Bertz CT molecular complexity index is 1370. The van der Waals surface area contributed by atoms with Gasteiger partial charge in [-0.3, -0.25) is 0 Å². The second-order valence-corrected chi connectivity index (χ2v) is 16.2. The first kappa shape index (κ1) is 43.9. The van der Waals surface area contributed by atoms with Crippen molar-refractivity contribution in [1.82, 2.24) is 0 Å². The predicted octanol–water partition coefficient (Wildman–Crippen LogP) is 16.5. The summed E-state index contributed by atoms with van der Waals surface area (Å²) in [6, 6.07) is 14.7. The molecule has 52 heavy (non-hydrogen) atoms. The zero-order valence-electron chi connectivity index (χ0n) is 35.2. The van der Waals surface area contributed by atoms with Crippen LogP contribution in [0.15, 0.2) is 47.5 Å². The minimum atomic E-state index is 0.934. The molecule has 0 amide bonds. The molecule has 0 radical (unpaired) electrons. The first-order valence-corrected chi connectivity index (χ1v) is 22.7. The number of hydrogen-bond donors (Lipinski definition) is 0. The van der Waals surface area contributed by atoms with Crippen molar-refractivity contribution < 1.29 is 4.70 Å². The molecule has 2 aromatic rings. The summed E-state index contributed by atoms with van der Waals surface area (Å²) in [6.07, 6.45) is 34.9. The largest absolute Gasteiger partial charge is 0.493 e. The molecular formula is C50H80N2. The highest BCUT2D eigenvalue weighted by Gasteiger charge is 2.35. The first-order valence-electron chi connectivity index (χ1n) is 22.7. The summed E-state index contributed by atoms with van der Waals surface area (Å²) in [5.41, 5.74) is 25.6. The molecule has 1 heterocycles. The first-order chi connectivity index (χ1) is 25.5. The van der Waals surface area contributed by atoms with Gasteiger partial charge in [0.05, 0.1) is 0 Å². The lowest BCUT2D eigenvalue weighted by atomic mass is 9.91. The number of benzene rings is 2. The molecule has 0 fully saturated rings. The van der Waals surface area contributed by atoms with E-state index in [1.165, 1.54) is 173 Å². The fourth-order valence-electron chi connectivity index (χ4n) is 8.36. The maximum absolute atomic E-state index is 12.5. The third-order valence-corrected chi connectivity index (χ3v) is 11.4. The molecule has 0 atom stereocenters. The molecule has 2 aromatic carbocycles. The minimum absolute atomic E-state index is 0.934. The van der Waals surface area contributed by atoms with Crippen LogP contribution >= 0.6 is 0 Å². The van der Waals surface area contributed by atoms with Crippen molar-refractivity contribution in [3.05, 3.63) is 86.5 Å². The van der Waals surface area contributed by atoms with Crippen molar-refractivity contribution in [2.45, 2.75) is 221 Å². The monoisotopic (exact) mass is 709 g/mol. The third kappa shape index (κ3) is 14.7. The Morgan fingerprint density at radius 3 is 1.00 bits per heavy atom. The quantitative estimate of drug-likeness (QED) is 0.0570. The highest BCUT2D eigenvalue weighted by atomic mass is 15.2. The average Bonchev–Trinajstić information content (AvgIpc) is 3.44. The van der Waals surface area contributed by atoms with Crippen molar-refractivity contribution in [3.63, 3.8) is 0 Å². The Labute approximate surface area is 322 Å². The van der Waals surface area contributed by atoms with E-state index in [1.54, 1.807) is 4.70 Å². The standard InChI is InChI=1S/C50H80N2/c1-7-13-18-22-24-28-32-43-35-41(30-26-20-15-9-3)37-45(38-43)49-47(12-6)48(34-17-11-5)50(52(49)51)46-39-42(31-27-21-16-10-4)36-44(40-46)33-29-25-23-19-14-8-2/h35-40H,7-34H2,1-6H3. The average molecular weight is 709 g/mol. The van der Waals surface area contributed by atoms with E-state index in [0.29, 0.717) is 0 Å². The van der Waals surface area contributed by atoms with Gasteiger partial charge in [-0.15, -0.1) is 0 Å². The normalized spacial score (nSPS) is 13.3. The third-order valence-electron chi connectivity index (χ3n) is 11.4. The molecule has 0 N–H and O–H groups in total. The summed E-state index contributed by atoms with van der Waals surface area (Å²) in [5, 5.41) is 0. The van der Waals surface area contributed by atoms with Crippen LogP contribution in [0.25, 0.3) is 16.9 Å². The van der Waals surface area contributed by atoms with Crippen molar-refractivity contribution in [3.8, 4) is 0 Å². The van der Waals surface area contributed by atoms with E-state index in [1.807, 2.05) is 0 Å². The molecule has 2 heteroatoms. The van der Waals surface area contributed by atoms with E-state index in [0.717, 1.165) is 62.8 Å². The van der Waals surface area contributed by atoms with Crippen LogP contribution < -0.4 is 0 Å². The molecule has 1 aliphatic rings. The van der Waals surface area contributed by atoms with E-state index in [2.05, 4.69) is 77.9 Å².